The first-order chi connectivity index (χ1) is 10.0. The van der Waals surface area contributed by atoms with Crippen LogP contribution >= 0.6 is 0 Å². The van der Waals surface area contributed by atoms with E-state index in [1.807, 2.05) is 36.7 Å². The van der Waals surface area contributed by atoms with Gasteiger partial charge in [0.1, 0.15) is 5.69 Å². The lowest BCUT2D eigenvalue weighted by Crippen LogP contribution is -2.26. The number of amides is 1. The molecule has 2 aromatic rings. The smallest absolute Gasteiger partial charge is 0.278 e. The van der Waals surface area contributed by atoms with Gasteiger partial charge in [-0.25, -0.2) is 4.98 Å². The summed E-state index contributed by atoms with van der Waals surface area (Å²) in [7, 11) is 1.79. The molecule has 0 spiro atoms. The van der Waals surface area contributed by atoms with Crippen LogP contribution in [-0.4, -0.2) is 29.1 Å². The van der Waals surface area contributed by atoms with Crippen molar-refractivity contribution < 1.29 is 4.79 Å². The maximum Gasteiger partial charge on any atom is 0.278 e. The van der Waals surface area contributed by atoms with Crippen molar-refractivity contribution in [2.45, 2.75) is 26.8 Å². The molecule has 2 heterocycles. The van der Waals surface area contributed by atoms with Gasteiger partial charge in [0.25, 0.3) is 5.91 Å². The Hall–Kier alpha value is -2.30. The highest BCUT2D eigenvalue weighted by Gasteiger charge is 2.20. The second kappa shape index (κ2) is 5.24. The Kier molecular flexibility index (Phi) is 3.41. The molecule has 0 saturated carbocycles. The molecule has 3 rings (SSSR count). The molecule has 1 aliphatic heterocycles. The van der Waals surface area contributed by atoms with Gasteiger partial charge in [0.15, 0.2) is 0 Å². The number of carbonyl (C=O) groups is 1. The number of fused-ring (bicyclic) bond motifs is 1. The van der Waals surface area contributed by atoms with Gasteiger partial charge in [0.05, 0.1) is 0 Å². The number of imidazole rings is 1. The maximum atomic E-state index is 12.6. The Bertz CT molecular complexity index is 646. The number of aryl methyl sites for hydroxylation is 3. The molecular weight excluding hydrogens is 264 g/mol. The van der Waals surface area contributed by atoms with E-state index in [9.17, 15) is 4.79 Å². The molecule has 0 bridgehead atoms. The Morgan fingerprint density at radius 2 is 2.00 bits per heavy atom. The molecule has 0 fully saturated rings. The van der Waals surface area contributed by atoms with Crippen molar-refractivity contribution in [2.75, 3.05) is 23.8 Å². The fraction of sp³-hybridized carbons (Fsp3) is 0.375. The molecule has 1 aromatic heterocycles. The molecule has 0 radical (unpaired) electrons. The second-order valence-electron chi connectivity index (χ2n) is 5.63. The molecule has 1 aliphatic rings. The van der Waals surface area contributed by atoms with Crippen molar-refractivity contribution in [3.8, 4) is 0 Å². The second-order valence-corrected chi connectivity index (χ2v) is 5.63. The lowest BCUT2D eigenvalue weighted by atomic mass is 10.1. The van der Waals surface area contributed by atoms with Crippen LogP contribution < -0.4 is 10.2 Å². The van der Waals surface area contributed by atoms with Crippen LogP contribution in [0.25, 0.3) is 0 Å². The number of benzene rings is 1. The lowest BCUT2D eigenvalue weighted by Gasteiger charge is -2.17. The minimum atomic E-state index is -0.0799. The molecule has 5 heteroatoms. The fourth-order valence-corrected chi connectivity index (χ4v) is 2.71. The minimum Gasteiger partial charge on any atom is -0.356 e. The zero-order chi connectivity index (χ0) is 15.0. The average Bonchev–Trinajstić information content (AvgIpc) is 2.88. The van der Waals surface area contributed by atoms with E-state index < -0.39 is 0 Å². The highest BCUT2D eigenvalue weighted by Crippen LogP contribution is 2.21. The largest absolute Gasteiger partial charge is 0.356 e. The number of rotatable bonds is 2. The highest BCUT2D eigenvalue weighted by molar-refractivity contribution is 6.04. The quantitative estimate of drug-likeness (QED) is 0.922. The summed E-state index contributed by atoms with van der Waals surface area (Å²) in [6, 6.07) is 6.12. The first-order valence-corrected chi connectivity index (χ1v) is 7.22. The van der Waals surface area contributed by atoms with Gasteiger partial charge in [-0.2, -0.15) is 0 Å². The van der Waals surface area contributed by atoms with Crippen LogP contribution in [0, 0.1) is 13.8 Å². The van der Waals surface area contributed by atoms with Crippen molar-refractivity contribution >= 4 is 17.5 Å². The van der Waals surface area contributed by atoms with E-state index in [0.29, 0.717) is 5.69 Å². The van der Waals surface area contributed by atoms with Crippen LogP contribution in [0.2, 0.25) is 0 Å². The normalized spacial score (nSPS) is 13.5. The molecule has 0 aliphatic carbocycles. The predicted molar refractivity (Wildman–Crippen MR) is 84.0 cm³/mol. The third-order valence-corrected chi connectivity index (χ3v) is 3.75. The predicted octanol–water partition coefficient (Wildman–Crippen LogP) is 2.59. The van der Waals surface area contributed by atoms with Crippen LogP contribution in [0.15, 0.2) is 24.4 Å². The number of anilines is 2. The number of aromatic nitrogens is 2. The Labute approximate surface area is 124 Å². The molecule has 0 atom stereocenters. The third kappa shape index (κ3) is 2.63. The Balaban J connectivity index is 1.88. The summed E-state index contributed by atoms with van der Waals surface area (Å²) in [6.45, 7) is 5.90. The van der Waals surface area contributed by atoms with E-state index in [-0.39, 0.29) is 5.91 Å². The molecule has 1 aromatic carbocycles. The van der Waals surface area contributed by atoms with Crippen LogP contribution in [0.5, 0.6) is 0 Å². The van der Waals surface area contributed by atoms with Crippen LogP contribution in [0.3, 0.4) is 0 Å². The summed E-state index contributed by atoms with van der Waals surface area (Å²) in [4.78, 5) is 18.7. The SMILES string of the molecule is Cc1cc(C)cc(N(C)C(=O)c2cn3c(n2)NCCC3)c1. The monoisotopic (exact) mass is 284 g/mol. The standard InChI is InChI=1S/C16H20N4O/c1-11-7-12(2)9-13(8-11)19(3)15(21)14-10-20-6-4-5-17-16(20)18-14/h7-10H,4-6H2,1-3H3,(H,17,18). The van der Waals surface area contributed by atoms with Crippen molar-refractivity contribution in [1.82, 2.24) is 9.55 Å². The first-order valence-electron chi connectivity index (χ1n) is 7.22. The molecule has 1 amide bonds. The summed E-state index contributed by atoms with van der Waals surface area (Å²) in [5.74, 6) is 0.710. The molecule has 1 N–H and O–H groups in total. The molecule has 0 unspecified atom stereocenters. The van der Waals surface area contributed by atoms with E-state index in [1.165, 1.54) is 0 Å². The zero-order valence-corrected chi connectivity index (χ0v) is 12.7. The highest BCUT2D eigenvalue weighted by atomic mass is 16.2. The van der Waals surface area contributed by atoms with Crippen molar-refractivity contribution in [2.24, 2.45) is 0 Å². The van der Waals surface area contributed by atoms with Gasteiger partial charge in [-0.3, -0.25) is 4.79 Å². The molecule has 110 valence electrons. The number of nitrogens with zero attached hydrogens (tertiary/aromatic N) is 3. The summed E-state index contributed by atoms with van der Waals surface area (Å²) in [5.41, 5.74) is 3.68. The number of hydrogen-bond acceptors (Lipinski definition) is 3. The van der Waals surface area contributed by atoms with E-state index in [1.54, 1.807) is 11.9 Å². The third-order valence-electron chi connectivity index (χ3n) is 3.75. The minimum absolute atomic E-state index is 0.0799. The van der Waals surface area contributed by atoms with Crippen molar-refractivity contribution in [3.05, 3.63) is 41.2 Å². The summed E-state index contributed by atoms with van der Waals surface area (Å²) < 4.78 is 2.01. The van der Waals surface area contributed by atoms with Crippen molar-refractivity contribution in [1.29, 1.82) is 0 Å². The van der Waals surface area contributed by atoms with Gasteiger partial charge >= 0.3 is 0 Å². The topological polar surface area (TPSA) is 50.2 Å². The van der Waals surface area contributed by atoms with Gasteiger partial charge in [0, 0.05) is 32.0 Å². The first kappa shape index (κ1) is 13.7. The summed E-state index contributed by atoms with van der Waals surface area (Å²) in [5, 5.41) is 3.22. The molecule has 0 saturated heterocycles. The zero-order valence-electron chi connectivity index (χ0n) is 12.7. The van der Waals surface area contributed by atoms with Crippen LogP contribution in [0.4, 0.5) is 11.6 Å². The van der Waals surface area contributed by atoms with Gasteiger partial charge in [-0.1, -0.05) is 6.07 Å². The van der Waals surface area contributed by atoms with Crippen LogP contribution in [0.1, 0.15) is 28.0 Å². The number of nitrogens with one attached hydrogen (secondary N) is 1. The van der Waals surface area contributed by atoms with Gasteiger partial charge < -0.3 is 14.8 Å². The fourth-order valence-electron chi connectivity index (χ4n) is 2.71. The molecule has 5 nitrogen and oxygen atoms in total. The van der Waals surface area contributed by atoms with Gasteiger partial charge in [0.2, 0.25) is 5.95 Å². The van der Waals surface area contributed by atoms with E-state index in [2.05, 4.69) is 16.4 Å². The van der Waals surface area contributed by atoms with Gasteiger partial charge in [-0.05, 0) is 43.5 Å². The lowest BCUT2D eigenvalue weighted by molar-refractivity contribution is 0.0988. The van der Waals surface area contributed by atoms with E-state index >= 15 is 0 Å². The van der Waals surface area contributed by atoms with Crippen molar-refractivity contribution in [3.63, 3.8) is 0 Å². The van der Waals surface area contributed by atoms with E-state index in [4.69, 9.17) is 0 Å². The van der Waals surface area contributed by atoms with Crippen LogP contribution in [-0.2, 0) is 6.54 Å². The Morgan fingerprint density at radius 3 is 2.67 bits per heavy atom. The maximum absolute atomic E-state index is 12.6. The van der Waals surface area contributed by atoms with E-state index in [0.717, 1.165) is 42.3 Å². The number of hydrogen-bond donors (Lipinski definition) is 1. The summed E-state index contributed by atoms with van der Waals surface area (Å²) >= 11 is 0. The van der Waals surface area contributed by atoms with Gasteiger partial charge in [-0.15, -0.1) is 0 Å². The Morgan fingerprint density at radius 1 is 1.29 bits per heavy atom. The number of carbonyl (C=O) groups excluding carboxylic acids is 1. The molecular formula is C16H20N4O. The molecule has 21 heavy (non-hydrogen) atoms. The summed E-state index contributed by atoms with van der Waals surface area (Å²) in [6.07, 6.45) is 2.90. The average molecular weight is 284 g/mol.